The number of furan rings is 1. The second-order valence-electron chi connectivity index (χ2n) is 6.00. The van der Waals surface area contributed by atoms with Gasteiger partial charge in [0, 0.05) is 5.56 Å². The molecule has 5 nitrogen and oxygen atoms in total. The van der Waals surface area contributed by atoms with Crippen molar-refractivity contribution in [2.75, 3.05) is 0 Å². The monoisotopic (exact) mass is 375 g/mol. The minimum absolute atomic E-state index is 0.0397. The summed E-state index contributed by atoms with van der Waals surface area (Å²) < 4.78 is 5.74. The maximum Gasteiger partial charge on any atom is 0.239 e. The molecule has 2 aromatic carbocycles. The van der Waals surface area contributed by atoms with Crippen molar-refractivity contribution in [3.05, 3.63) is 84.1 Å². The molecule has 1 aromatic heterocycles. The van der Waals surface area contributed by atoms with Gasteiger partial charge in [0.2, 0.25) is 5.91 Å². The van der Waals surface area contributed by atoms with Gasteiger partial charge in [-0.25, -0.2) is 0 Å². The normalized spacial score (nSPS) is 18.3. The van der Waals surface area contributed by atoms with Gasteiger partial charge < -0.3 is 9.73 Å². The Kier molecular flexibility index (Phi) is 5.16. The lowest BCUT2D eigenvalue weighted by molar-refractivity contribution is -0.118. The zero-order valence-electron chi connectivity index (χ0n) is 14.4. The molecule has 1 atom stereocenters. The van der Waals surface area contributed by atoms with Gasteiger partial charge in [-0.1, -0.05) is 72.4 Å². The molecular formula is C21H17N3O2S. The molecule has 0 spiro atoms. The number of thioether (sulfide) groups is 1. The second-order valence-corrected chi connectivity index (χ2v) is 7.19. The number of carbonyl (C=O) groups is 1. The summed E-state index contributed by atoms with van der Waals surface area (Å²) in [6, 6.07) is 23.5. The van der Waals surface area contributed by atoms with Crippen LogP contribution in [0.5, 0.6) is 0 Å². The number of benzene rings is 2. The molecule has 1 aliphatic rings. The lowest BCUT2D eigenvalue weighted by atomic mass is 10.1. The Morgan fingerprint density at radius 3 is 2.52 bits per heavy atom. The van der Waals surface area contributed by atoms with Crippen molar-refractivity contribution in [1.29, 1.82) is 0 Å². The Bertz CT molecular complexity index is 981. The zero-order valence-corrected chi connectivity index (χ0v) is 15.2. The molecule has 4 rings (SSSR count). The summed E-state index contributed by atoms with van der Waals surface area (Å²) in [6.45, 7) is 0. The van der Waals surface area contributed by atoms with E-state index in [0.29, 0.717) is 17.3 Å². The number of nitrogens with zero attached hydrogens (tertiary/aromatic N) is 2. The van der Waals surface area contributed by atoms with Crippen LogP contribution in [-0.4, -0.2) is 22.5 Å². The molecule has 0 aliphatic carbocycles. The second kappa shape index (κ2) is 8.05. The molecule has 0 radical (unpaired) electrons. The van der Waals surface area contributed by atoms with Crippen molar-refractivity contribution in [3.63, 3.8) is 0 Å². The number of amides is 1. The van der Waals surface area contributed by atoms with E-state index in [1.54, 1.807) is 0 Å². The predicted octanol–water partition coefficient (Wildman–Crippen LogP) is 4.11. The van der Waals surface area contributed by atoms with Crippen molar-refractivity contribution < 1.29 is 9.21 Å². The van der Waals surface area contributed by atoms with E-state index in [1.165, 1.54) is 18.0 Å². The zero-order chi connectivity index (χ0) is 18.5. The molecule has 1 aliphatic heterocycles. The van der Waals surface area contributed by atoms with Crippen LogP contribution < -0.4 is 5.32 Å². The maximum atomic E-state index is 12.1. The van der Waals surface area contributed by atoms with Gasteiger partial charge >= 0.3 is 0 Å². The number of hydrogen-bond donors (Lipinski definition) is 1. The SMILES string of the molecule is O=C1N/C(=N\N=C/c2ccc(-c3ccccc3)o2)S[C@H]1Cc1ccccc1. The fourth-order valence-electron chi connectivity index (χ4n) is 2.73. The Hall–Kier alpha value is -3.12. The minimum atomic E-state index is -0.186. The van der Waals surface area contributed by atoms with Crippen molar-refractivity contribution >= 4 is 29.1 Å². The van der Waals surface area contributed by atoms with Crippen LogP contribution in [0.3, 0.4) is 0 Å². The average molecular weight is 375 g/mol. The molecule has 0 saturated carbocycles. The molecular weight excluding hydrogens is 358 g/mol. The van der Waals surface area contributed by atoms with E-state index in [9.17, 15) is 4.79 Å². The van der Waals surface area contributed by atoms with Crippen LogP contribution in [0.2, 0.25) is 0 Å². The summed E-state index contributed by atoms with van der Waals surface area (Å²) in [6.07, 6.45) is 2.20. The minimum Gasteiger partial charge on any atom is -0.455 e. The Morgan fingerprint density at radius 2 is 1.74 bits per heavy atom. The molecule has 6 heteroatoms. The predicted molar refractivity (Wildman–Crippen MR) is 109 cm³/mol. The maximum absolute atomic E-state index is 12.1. The van der Waals surface area contributed by atoms with Gasteiger partial charge in [-0.3, -0.25) is 4.79 Å². The van der Waals surface area contributed by atoms with E-state index in [2.05, 4.69) is 15.5 Å². The molecule has 0 bridgehead atoms. The quantitative estimate of drug-likeness (QED) is 0.539. The van der Waals surface area contributed by atoms with Crippen LogP contribution in [-0.2, 0) is 11.2 Å². The number of amidine groups is 1. The van der Waals surface area contributed by atoms with Crippen molar-refractivity contribution in [3.8, 4) is 11.3 Å². The highest BCUT2D eigenvalue weighted by atomic mass is 32.2. The highest BCUT2D eigenvalue weighted by Crippen LogP contribution is 2.24. The smallest absolute Gasteiger partial charge is 0.239 e. The van der Waals surface area contributed by atoms with Gasteiger partial charge in [-0.05, 0) is 24.1 Å². The van der Waals surface area contributed by atoms with E-state index >= 15 is 0 Å². The fourth-order valence-corrected chi connectivity index (χ4v) is 3.70. The number of nitrogens with one attached hydrogen (secondary N) is 1. The van der Waals surface area contributed by atoms with Crippen molar-refractivity contribution in [2.45, 2.75) is 11.7 Å². The van der Waals surface area contributed by atoms with Gasteiger partial charge in [0.05, 0.1) is 11.5 Å². The third-order valence-electron chi connectivity index (χ3n) is 4.06. The number of hydrogen-bond acceptors (Lipinski definition) is 5. The van der Waals surface area contributed by atoms with E-state index in [1.807, 2.05) is 72.8 Å². The molecule has 0 unspecified atom stereocenters. The summed E-state index contributed by atoms with van der Waals surface area (Å²) >= 11 is 1.40. The fraction of sp³-hybridized carbons (Fsp3) is 0.0952. The Labute approximate surface area is 161 Å². The third kappa shape index (κ3) is 4.35. The average Bonchev–Trinajstić information content (AvgIpc) is 3.31. The first-order valence-electron chi connectivity index (χ1n) is 8.56. The largest absolute Gasteiger partial charge is 0.455 e. The molecule has 27 heavy (non-hydrogen) atoms. The number of carbonyl (C=O) groups excluding carboxylic acids is 1. The first kappa shape index (κ1) is 17.3. The third-order valence-corrected chi connectivity index (χ3v) is 5.13. The molecule has 134 valence electrons. The standard InChI is InChI=1S/C21H17N3O2S/c25-20-19(13-15-7-3-1-4-8-15)27-21(23-20)24-22-14-17-11-12-18(26-17)16-9-5-2-6-10-16/h1-12,14,19H,13H2,(H,23,24,25)/b22-14-/t19-/m0/s1. The van der Waals surface area contributed by atoms with Gasteiger partial charge in [0.1, 0.15) is 11.5 Å². The highest BCUT2D eigenvalue weighted by Gasteiger charge is 2.30. The van der Waals surface area contributed by atoms with Crippen LogP contribution in [0.1, 0.15) is 11.3 Å². The summed E-state index contributed by atoms with van der Waals surface area (Å²) in [5.74, 6) is 1.34. The lowest BCUT2D eigenvalue weighted by Gasteiger charge is -2.04. The van der Waals surface area contributed by atoms with Crippen molar-refractivity contribution in [1.82, 2.24) is 5.32 Å². The van der Waals surface area contributed by atoms with Gasteiger partial charge in [-0.15, -0.1) is 5.10 Å². The van der Waals surface area contributed by atoms with Gasteiger partial charge in [-0.2, -0.15) is 5.10 Å². The molecule has 1 N–H and O–H groups in total. The number of rotatable bonds is 5. The van der Waals surface area contributed by atoms with E-state index in [4.69, 9.17) is 4.42 Å². The summed E-state index contributed by atoms with van der Waals surface area (Å²) in [4.78, 5) is 12.1. The molecule has 3 aromatic rings. The van der Waals surface area contributed by atoms with E-state index in [0.717, 1.165) is 16.9 Å². The van der Waals surface area contributed by atoms with Gasteiger partial charge in [0.15, 0.2) is 5.17 Å². The molecule has 1 fully saturated rings. The van der Waals surface area contributed by atoms with Crippen molar-refractivity contribution in [2.24, 2.45) is 10.2 Å². The molecule has 1 saturated heterocycles. The first-order valence-corrected chi connectivity index (χ1v) is 9.43. The van der Waals surface area contributed by atoms with E-state index < -0.39 is 0 Å². The first-order chi connectivity index (χ1) is 13.3. The molecule has 1 amide bonds. The van der Waals surface area contributed by atoms with E-state index in [-0.39, 0.29) is 11.2 Å². The van der Waals surface area contributed by atoms with Crippen LogP contribution in [0.25, 0.3) is 11.3 Å². The Morgan fingerprint density at radius 1 is 1.00 bits per heavy atom. The van der Waals surface area contributed by atoms with Crippen LogP contribution in [0, 0.1) is 0 Å². The lowest BCUT2D eigenvalue weighted by Crippen LogP contribution is -2.25. The summed E-state index contributed by atoms with van der Waals surface area (Å²) in [5, 5.41) is 11.2. The summed E-state index contributed by atoms with van der Waals surface area (Å²) in [5.41, 5.74) is 2.13. The highest BCUT2D eigenvalue weighted by molar-refractivity contribution is 8.15. The van der Waals surface area contributed by atoms with Gasteiger partial charge in [0.25, 0.3) is 0 Å². The summed E-state index contributed by atoms with van der Waals surface area (Å²) in [7, 11) is 0. The Balaban J connectivity index is 1.38. The van der Waals surface area contributed by atoms with Crippen LogP contribution in [0.15, 0.2) is 87.4 Å². The van der Waals surface area contributed by atoms with Crippen LogP contribution >= 0.6 is 11.8 Å². The van der Waals surface area contributed by atoms with Crippen LogP contribution in [0.4, 0.5) is 0 Å². The molecule has 2 heterocycles. The topological polar surface area (TPSA) is 67.0 Å².